The number of piperidine rings is 1. The van der Waals surface area contributed by atoms with E-state index >= 15 is 0 Å². The Labute approximate surface area is 106 Å². The molecule has 1 heterocycles. The molecule has 1 aromatic rings. The first-order chi connectivity index (χ1) is 8.51. The molecular weight excluding hydrogens is 254 g/mol. The maximum Gasteiger partial charge on any atom is 0.335 e. The van der Waals surface area contributed by atoms with Gasteiger partial charge in [0, 0.05) is 13.1 Å². The van der Waals surface area contributed by atoms with Crippen molar-refractivity contribution in [2.45, 2.75) is 17.7 Å². The van der Waals surface area contributed by atoms with Gasteiger partial charge in [-0.2, -0.15) is 4.31 Å². The Morgan fingerprint density at radius 2 is 1.67 bits per heavy atom. The number of carbonyl (C=O) groups is 1. The highest BCUT2D eigenvalue weighted by Gasteiger charge is 2.25. The highest BCUT2D eigenvalue weighted by atomic mass is 32.2. The Morgan fingerprint density at radius 3 is 2.17 bits per heavy atom. The zero-order chi connectivity index (χ0) is 13.2. The van der Waals surface area contributed by atoms with Crippen molar-refractivity contribution in [2.24, 2.45) is 0 Å². The molecule has 1 aliphatic rings. The van der Waals surface area contributed by atoms with E-state index in [4.69, 9.17) is 5.11 Å². The smallest absolute Gasteiger partial charge is 0.335 e. The van der Waals surface area contributed by atoms with Crippen LogP contribution in [-0.2, 0) is 10.0 Å². The van der Waals surface area contributed by atoms with Gasteiger partial charge in [0.25, 0.3) is 0 Å². The monoisotopic (exact) mass is 268 g/mol. The Kier molecular flexibility index (Phi) is 3.68. The minimum Gasteiger partial charge on any atom is -0.478 e. The molecule has 5 nitrogen and oxygen atoms in total. The molecule has 0 aromatic heterocycles. The number of hydrogen-bond donors (Lipinski definition) is 1. The molecule has 0 aliphatic carbocycles. The fraction of sp³-hybridized carbons (Fsp3) is 0.333. The lowest BCUT2D eigenvalue weighted by atomic mass is 10.2. The summed E-state index contributed by atoms with van der Waals surface area (Å²) in [5.74, 6) is -1.06. The van der Waals surface area contributed by atoms with E-state index < -0.39 is 16.0 Å². The zero-order valence-corrected chi connectivity index (χ0v) is 10.6. The minimum atomic E-state index is -3.48. The molecule has 1 aliphatic heterocycles. The van der Waals surface area contributed by atoms with E-state index in [2.05, 4.69) is 6.42 Å². The number of rotatable bonds is 3. The van der Waals surface area contributed by atoms with Gasteiger partial charge >= 0.3 is 5.97 Å². The summed E-state index contributed by atoms with van der Waals surface area (Å²) in [6, 6.07) is 5.31. The lowest BCUT2D eigenvalue weighted by Crippen LogP contribution is -2.35. The number of nitrogens with zero attached hydrogens (tertiary/aromatic N) is 1. The summed E-state index contributed by atoms with van der Waals surface area (Å²) in [6.45, 7) is 0.978. The Hall–Kier alpha value is -1.40. The molecule has 1 radical (unpaired) electrons. The van der Waals surface area contributed by atoms with Gasteiger partial charge in [-0.3, -0.25) is 0 Å². The number of benzene rings is 1. The van der Waals surface area contributed by atoms with Crippen LogP contribution in [0.3, 0.4) is 0 Å². The van der Waals surface area contributed by atoms with Crippen LogP contribution in [0.15, 0.2) is 29.2 Å². The number of carboxylic acid groups (broad SMARTS) is 1. The van der Waals surface area contributed by atoms with Crippen LogP contribution >= 0.6 is 0 Å². The molecule has 6 heteroatoms. The van der Waals surface area contributed by atoms with Crippen LogP contribution in [-0.4, -0.2) is 36.9 Å². The molecule has 2 rings (SSSR count). The number of hydrogen-bond acceptors (Lipinski definition) is 3. The molecule has 0 atom stereocenters. The quantitative estimate of drug-likeness (QED) is 0.898. The third-order valence-electron chi connectivity index (χ3n) is 2.90. The summed E-state index contributed by atoms with van der Waals surface area (Å²) in [5, 5.41) is 8.76. The maximum atomic E-state index is 12.2. The second-order valence-corrected chi connectivity index (χ2v) is 6.04. The summed E-state index contributed by atoms with van der Waals surface area (Å²) >= 11 is 0. The SMILES string of the molecule is O=C(O)c1ccc(S(=O)(=O)N2CC[CH]CC2)cc1. The lowest BCUT2D eigenvalue weighted by molar-refractivity contribution is 0.0696. The fourth-order valence-electron chi connectivity index (χ4n) is 1.89. The average molecular weight is 268 g/mol. The van der Waals surface area contributed by atoms with Gasteiger partial charge in [0.1, 0.15) is 0 Å². The van der Waals surface area contributed by atoms with Crippen LogP contribution in [0.2, 0.25) is 0 Å². The summed E-state index contributed by atoms with van der Waals surface area (Å²) in [6.07, 6.45) is 3.58. The molecule has 0 spiro atoms. The van der Waals surface area contributed by atoms with Crippen molar-refractivity contribution in [2.75, 3.05) is 13.1 Å². The highest BCUT2D eigenvalue weighted by Crippen LogP contribution is 2.20. The van der Waals surface area contributed by atoms with Gasteiger partial charge in [-0.25, -0.2) is 13.2 Å². The maximum absolute atomic E-state index is 12.2. The van der Waals surface area contributed by atoms with Crippen LogP contribution in [0.5, 0.6) is 0 Å². The molecular formula is C12H14NO4S. The Morgan fingerprint density at radius 1 is 1.11 bits per heavy atom. The van der Waals surface area contributed by atoms with Gasteiger partial charge < -0.3 is 5.11 Å². The molecule has 1 fully saturated rings. The van der Waals surface area contributed by atoms with Gasteiger partial charge in [0.2, 0.25) is 10.0 Å². The van der Waals surface area contributed by atoms with E-state index in [9.17, 15) is 13.2 Å². The molecule has 1 saturated heterocycles. The Balaban J connectivity index is 2.26. The van der Waals surface area contributed by atoms with Gasteiger partial charge in [0.05, 0.1) is 10.5 Å². The van der Waals surface area contributed by atoms with Crippen LogP contribution in [0.25, 0.3) is 0 Å². The van der Waals surface area contributed by atoms with Gasteiger partial charge in [-0.05, 0) is 43.5 Å². The summed E-state index contributed by atoms with van der Waals surface area (Å²) in [4.78, 5) is 10.8. The largest absolute Gasteiger partial charge is 0.478 e. The third kappa shape index (κ3) is 2.54. The fourth-order valence-corrected chi connectivity index (χ4v) is 3.36. The first kappa shape index (κ1) is 13.0. The topological polar surface area (TPSA) is 74.7 Å². The predicted octanol–water partition coefficient (Wildman–Crippen LogP) is 1.37. The van der Waals surface area contributed by atoms with E-state index in [1.54, 1.807) is 0 Å². The summed E-state index contributed by atoms with van der Waals surface area (Å²) < 4.78 is 25.9. The van der Waals surface area contributed by atoms with Crippen molar-refractivity contribution in [1.29, 1.82) is 0 Å². The van der Waals surface area contributed by atoms with Gasteiger partial charge in [-0.1, -0.05) is 0 Å². The summed E-state index contributed by atoms with van der Waals surface area (Å²) in [7, 11) is -3.48. The normalized spacial score (nSPS) is 17.6. The van der Waals surface area contributed by atoms with Crippen molar-refractivity contribution < 1.29 is 18.3 Å². The Bertz CT molecular complexity index is 530. The molecule has 1 N–H and O–H groups in total. The van der Waals surface area contributed by atoms with Crippen molar-refractivity contribution >= 4 is 16.0 Å². The van der Waals surface area contributed by atoms with Crippen LogP contribution in [0.4, 0.5) is 0 Å². The van der Waals surface area contributed by atoms with Crippen molar-refractivity contribution in [1.82, 2.24) is 4.31 Å². The van der Waals surface area contributed by atoms with E-state index in [1.165, 1.54) is 28.6 Å². The van der Waals surface area contributed by atoms with Gasteiger partial charge in [-0.15, -0.1) is 0 Å². The number of sulfonamides is 1. The van der Waals surface area contributed by atoms with E-state index in [-0.39, 0.29) is 10.5 Å². The molecule has 1 aromatic carbocycles. The molecule has 18 heavy (non-hydrogen) atoms. The van der Waals surface area contributed by atoms with Crippen LogP contribution in [0.1, 0.15) is 23.2 Å². The number of carboxylic acids is 1. The van der Waals surface area contributed by atoms with Crippen LogP contribution < -0.4 is 0 Å². The predicted molar refractivity (Wildman–Crippen MR) is 65.7 cm³/mol. The third-order valence-corrected chi connectivity index (χ3v) is 4.82. The number of aromatic carboxylic acids is 1. The molecule has 0 amide bonds. The lowest BCUT2D eigenvalue weighted by Gasteiger charge is -2.25. The minimum absolute atomic E-state index is 0.0842. The second-order valence-electron chi connectivity index (χ2n) is 4.10. The first-order valence-corrected chi connectivity index (χ1v) is 7.11. The molecule has 0 bridgehead atoms. The first-order valence-electron chi connectivity index (χ1n) is 5.67. The zero-order valence-electron chi connectivity index (χ0n) is 9.74. The van der Waals surface area contributed by atoms with Crippen LogP contribution in [0, 0.1) is 6.42 Å². The second kappa shape index (κ2) is 5.07. The molecule has 0 unspecified atom stereocenters. The molecule has 97 valence electrons. The highest BCUT2D eigenvalue weighted by molar-refractivity contribution is 7.89. The van der Waals surface area contributed by atoms with E-state index in [0.717, 1.165) is 12.8 Å². The van der Waals surface area contributed by atoms with E-state index in [0.29, 0.717) is 13.1 Å². The average Bonchev–Trinajstić information content (AvgIpc) is 2.40. The van der Waals surface area contributed by atoms with Crippen molar-refractivity contribution in [3.8, 4) is 0 Å². The summed E-state index contributed by atoms with van der Waals surface area (Å²) in [5.41, 5.74) is 0.0842. The van der Waals surface area contributed by atoms with Crippen molar-refractivity contribution in [3.63, 3.8) is 0 Å². The standard InChI is InChI=1S/C12H14NO4S/c14-12(15)10-4-6-11(7-5-10)18(16,17)13-8-2-1-3-9-13/h1,4-7H,2-3,8-9H2,(H,14,15). The van der Waals surface area contributed by atoms with E-state index in [1.807, 2.05) is 0 Å². The van der Waals surface area contributed by atoms with Gasteiger partial charge in [0.15, 0.2) is 0 Å². The molecule has 0 saturated carbocycles. The van der Waals surface area contributed by atoms with Crippen molar-refractivity contribution in [3.05, 3.63) is 36.2 Å².